The topological polar surface area (TPSA) is 74.2 Å². The fourth-order valence-electron chi connectivity index (χ4n) is 1.85. The van der Waals surface area contributed by atoms with Crippen LogP contribution in [-0.2, 0) is 6.54 Å². The van der Waals surface area contributed by atoms with Crippen molar-refractivity contribution in [1.82, 2.24) is 15.6 Å². The Hall–Kier alpha value is -2.18. The summed E-state index contributed by atoms with van der Waals surface area (Å²) in [6.07, 6.45) is 1.45. The number of carbonyl (C=O) groups excluding carboxylic acids is 1. The van der Waals surface area contributed by atoms with E-state index in [4.69, 9.17) is 11.6 Å². The largest absolute Gasteiger partial charge is 0.394 e. The van der Waals surface area contributed by atoms with Crippen molar-refractivity contribution < 1.29 is 14.3 Å². The Bertz CT molecular complexity index is 637. The monoisotopic (exact) mass is 323 g/mol. The van der Waals surface area contributed by atoms with Crippen molar-refractivity contribution in [2.24, 2.45) is 0 Å². The van der Waals surface area contributed by atoms with E-state index in [-0.39, 0.29) is 18.8 Å². The van der Waals surface area contributed by atoms with Gasteiger partial charge in [0.05, 0.1) is 24.9 Å². The molecule has 5 nitrogen and oxygen atoms in total. The molecular formula is C15H15ClFN3O2. The molecule has 22 heavy (non-hydrogen) atoms. The highest BCUT2D eigenvalue weighted by Crippen LogP contribution is 2.16. The van der Waals surface area contributed by atoms with Crippen molar-refractivity contribution in [3.05, 3.63) is 64.7 Å². The maximum Gasteiger partial charge on any atom is 0.315 e. The van der Waals surface area contributed by atoms with Crippen LogP contribution in [0, 0.1) is 5.82 Å². The van der Waals surface area contributed by atoms with Crippen LogP contribution in [0.1, 0.15) is 17.3 Å². The van der Waals surface area contributed by atoms with Crippen molar-refractivity contribution >= 4 is 17.6 Å². The van der Waals surface area contributed by atoms with E-state index in [0.717, 1.165) is 0 Å². The number of nitrogens with one attached hydrogen (secondary N) is 2. The van der Waals surface area contributed by atoms with E-state index in [2.05, 4.69) is 15.6 Å². The summed E-state index contributed by atoms with van der Waals surface area (Å²) in [6.45, 7) is -0.315. The van der Waals surface area contributed by atoms with E-state index in [1.807, 2.05) is 0 Å². The van der Waals surface area contributed by atoms with Gasteiger partial charge in [0, 0.05) is 11.2 Å². The van der Waals surface area contributed by atoms with Crippen LogP contribution in [0.25, 0.3) is 0 Å². The Balaban J connectivity index is 1.92. The van der Waals surface area contributed by atoms with Gasteiger partial charge in [-0.15, -0.1) is 0 Å². The zero-order valence-corrected chi connectivity index (χ0v) is 12.3. The van der Waals surface area contributed by atoms with Crippen LogP contribution < -0.4 is 10.6 Å². The highest BCUT2D eigenvalue weighted by atomic mass is 35.5. The second kappa shape index (κ2) is 7.72. The molecule has 2 aromatic rings. The first-order valence-corrected chi connectivity index (χ1v) is 6.98. The standard InChI is InChI=1S/C15H15ClFN3O2/c16-11-5-3-10(4-6-11)14(9-21)20-15(22)19-8-13-12(17)2-1-7-18-13/h1-7,14,21H,8-9H2,(H2,19,20,22). The lowest BCUT2D eigenvalue weighted by Crippen LogP contribution is -2.39. The maximum atomic E-state index is 13.4. The number of halogens is 2. The molecule has 3 N–H and O–H groups in total. The third-order valence-electron chi connectivity index (χ3n) is 3.01. The molecule has 0 saturated carbocycles. The van der Waals surface area contributed by atoms with Gasteiger partial charge < -0.3 is 15.7 Å². The van der Waals surface area contributed by atoms with E-state index < -0.39 is 17.9 Å². The van der Waals surface area contributed by atoms with Gasteiger partial charge in [0.1, 0.15) is 5.82 Å². The van der Waals surface area contributed by atoms with Gasteiger partial charge >= 0.3 is 6.03 Å². The lowest BCUT2D eigenvalue weighted by molar-refractivity contribution is 0.216. The Morgan fingerprint density at radius 3 is 2.68 bits per heavy atom. The minimum Gasteiger partial charge on any atom is -0.394 e. The summed E-state index contributed by atoms with van der Waals surface area (Å²) in [5.41, 5.74) is 0.857. The van der Waals surface area contributed by atoms with Gasteiger partial charge in [-0.25, -0.2) is 9.18 Å². The first-order valence-electron chi connectivity index (χ1n) is 6.60. The fourth-order valence-corrected chi connectivity index (χ4v) is 1.98. The van der Waals surface area contributed by atoms with Crippen molar-refractivity contribution in [3.8, 4) is 0 Å². The zero-order chi connectivity index (χ0) is 15.9. The number of pyridine rings is 1. The molecule has 1 unspecified atom stereocenters. The minimum absolute atomic E-state index is 0.0444. The van der Waals surface area contributed by atoms with Crippen LogP contribution >= 0.6 is 11.6 Å². The molecule has 0 radical (unpaired) electrons. The number of nitrogens with zero attached hydrogens (tertiary/aromatic N) is 1. The van der Waals surface area contributed by atoms with Crippen molar-refractivity contribution in [2.75, 3.05) is 6.61 Å². The summed E-state index contributed by atoms with van der Waals surface area (Å²) >= 11 is 5.79. The third-order valence-corrected chi connectivity index (χ3v) is 3.26. The summed E-state index contributed by atoms with van der Waals surface area (Å²) in [6, 6.07) is 8.40. The van der Waals surface area contributed by atoms with E-state index in [1.165, 1.54) is 18.3 Å². The van der Waals surface area contributed by atoms with Gasteiger partial charge in [0.2, 0.25) is 0 Å². The van der Waals surface area contributed by atoms with Crippen LogP contribution in [0.4, 0.5) is 9.18 Å². The molecule has 0 saturated heterocycles. The number of hydrogen-bond donors (Lipinski definition) is 3. The molecule has 2 rings (SSSR count). The molecule has 0 aliphatic carbocycles. The predicted molar refractivity (Wildman–Crippen MR) is 80.8 cm³/mol. The average molecular weight is 324 g/mol. The van der Waals surface area contributed by atoms with E-state index in [9.17, 15) is 14.3 Å². The summed E-state index contributed by atoms with van der Waals surface area (Å²) in [5, 5.41) is 15.0. The molecule has 0 spiro atoms. The Morgan fingerprint density at radius 2 is 2.05 bits per heavy atom. The Morgan fingerprint density at radius 1 is 1.32 bits per heavy atom. The van der Waals surface area contributed by atoms with Crippen LogP contribution in [0.2, 0.25) is 5.02 Å². The molecule has 1 atom stereocenters. The smallest absolute Gasteiger partial charge is 0.315 e. The fraction of sp³-hybridized carbons (Fsp3) is 0.200. The number of carbonyl (C=O) groups is 1. The van der Waals surface area contributed by atoms with Crippen LogP contribution in [0.5, 0.6) is 0 Å². The van der Waals surface area contributed by atoms with Crippen molar-refractivity contribution in [2.45, 2.75) is 12.6 Å². The number of amides is 2. The predicted octanol–water partition coefficient (Wildman–Crippen LogP) is 2.41. The third kappa shape index (κ3) is 4.41. The molecule has 0 fully saturated rings. The summed E-state index contributed by atoms with van der Waals surface area (Å²) in [5.74, 6) is -0.487. The zero-order valence-electron chi connectivity index (χ0n) is 11.6. The molecule has 1 aromatic carbocycles. The molecule has 0 bridgehead atoms. The molecule has 0 aliphatic rings. The van der Waals surface area contributed by atoms with Gasteiger partial charge in [0.15, 0.2) is 0 Å². The second-order valence-corrected chi connectivity index (χ2v) is 4.98. The number of aromatic nitrogens is 1. The summed E-state index contributed by atoms with van der Waals surface area (Å²) in [7, 11) is 0. The lowest BCUT2D eigenvalue weighted by atomic mass is 10.1. The first-order chi connectivity index (χ1) is 10.6. The summed E-state index contributed by atoms with van der Waals surface area (Å²) in [4.78, 5) is 15.7. The Labute approximate surface area is 132 Å². The normalized spacial score (nSPS) is 11.8. The van der Waals surface area contributed by atoms with E-state index >= 15 is 0 Å². The number of urea groups is 1. The lowest BCUT2D eigenvalue weighted by Gasteiger charge is -2.17. The van der Waals surface area contributed by atoms with Crippen molar-refractivity contribution in [3.63, 3.8) is 0 Å². The van der Waals surface area contributed by atoms with Crippen LogP contribution in [-0.4, -0.2) is 22.7 Å². The number of rotatable bonds is 5. The average Bonchev–Trinajstić information content (AvgIpc) is 2.53. The number of aliphatic hydroxyl groups is 1. The van der Waals surface area contributed by atoms with Crippen molar-refractivity contribution in [1.29, 1.82) is 0 Å². The van der Waals surface area contributed by atoms with E-state index in [0.29, 0.717) is 10.6 Å². The number of benzene rings is 1. The van der Waals surface area contributed by atoms with Gasteiger partial charge in [-0.1, -0.05) is 23.7 Å². The number of aliphatic hydroxyl groups excluding tert-OH is 1. The summed E-state index contributed by atoms with van der Waals surface area (Å²) < 4.78 is 13.4. The number of hydrogen-bond acceptors (Lipinski definition) is 3. The molecule has 7 heteroatoms. The first kappa shape index (κ1) is 16.2. The molecule has 2 amide bonds. The molecule has 1 heterocycles. The van der Waals surface area contributed by atoms with Gasteiger partial charge in [-0.2, -0.15) is 0 Å². The molecular weight excluding hydrogens is 309 g/mol. The SMILES string of the molecule is O=C(NCc1ncccc1F)NC(CO)c1ccc(Cl)cc1. The van der Waals surface area contributed by atoms with Gasteiger partial charge in [0.25, 0.3) is 0 Å². The van der Waals surface area contributed by atoms with E-state index in [1.54, 1.807) is 24.3 Å². The van der Waals surface area contributed by atoms with Crippen LogP contribution in [0.15, 0.2) is 42.6 Å². The molecule has 0 aliphatic heterocycles. The quantitative estimate of drug-likeness (QED) is 0.791. The minimum atomic E-state index is -0.578. The van der Waals surface area contributed by atoms with Crippen LogP contribution in [0.3, 0.4) is 0 Å². The Kier molecular flexibility index (Phi) is 5.68. The second-order valence-electron chi connectivity index (χ2n) is 4.55. The highest BCUT2D eigenvalue weighted by Gasteiger charge is 2.14. The highest BCUT2D eigenvalue weighted by molar-refractivity contribution is 6.30. The maximum absolute atomic E-state index is 13.4. The van der Waals surface area contributed by atoms with Gasteiger partial charge in [-0.3, -0.25) is 4.98 Å². The van der Waals surface area contributed by atoms with Gasteiger partial charge in [-0.05, 0) is 29.8 Å². The molecule has 1 aromatic heterocycles. The molecule has 116 valence electrons.